The van der Waals surface area contributed by atoms with Crippen LogP contribution in [0.25, 0.3) is 21.9 Å². The Morgan fingerprint density at radius 3 is 2.68 bits per heavy atom. The quantitative estimate of drug-likeness (QED) is 0.662. The molecule has 0 fully saturated rings. The summed E-state index contributed by atoms with van der Waals surface area (Å²) in [5.74, 6) is 0.866. The maximum Gasteiger partial charge on any atom is 0.336 e. The molecule has 0 saturated carbocycles. The van der Waals surface area contributed by atoms with Crippen LogP contribution in [0, 0.1) is 13.8 Å². The van der Waals surface area contributed by atoms with Gasteiger partial charge < -0.3 is 13.6 Å². The normalized spacial score (nSPS) is 11.5. The molecule has 3 aromatic rings. The number of benzene rings is 1. The molecule has 1 aromatic carbocycles. The van der Waals surface area contributed by atoms with Gasteiger partial charge in [-0.15, -0.1) is 0 Å². The van der Waals surface area contributed by atoms with Gasteiger partial charge >= 0.3 is 5.63 Å². The summed E-state index contributed by atoms with van der Waals surface area (Å²) in [4.78, 5) is 11.3. The van der Waals surface area contributed by atoms with Gasteiger partial charge in [0, 0.05) is 35.6 Å². The van der Waals surface area contributed by atoms with Gasteiger partial charge in [-0.05, 0) is 25.5 Å². The van der Waals surface area contributed by atoms with Crippen LogP contribution in [0.2, 0.25) is 0 Å². The average molecular weight is 258 g/mol. The summed E-state index contributed by atoms with van der Waals surface area (Å²) in [7, 11) is 1.64. The highest BCUT2D eigenvalue weighted by molar-refractivity contribution is 5.99. The van der Waals surface area contributed by atoms with Gasteiger partial charge in [0.25, 0.3) is 0 Å². The Bertz CT molecular complexity index is 823. The van der Waals surface area contributed by atoms with Crippen molar-refractivity contribution in [3.63, 3.8) is 0 Å². The summed E-state index contributed by atoms with van der Waals surface area (Å²) in [5, 5.41) is 1.93. The number of furan rings is 1. The molecular weight excluding hydrogens is 244 g/mol. The summed E-state index contributed by atoms with van der Waals surface area (Å²) >= 11 is 0. The molecule has 3 rings (SSSR count). The number of fused-ring (bicyclic) bond motifs is 2. The Morgan fingerprint density at radius 1 is 1.16 bits per heavy atom. The van der Waals surface area contributed by atoms with Gasteiger partial charge in [-0.1, -0.05) is 0 Å². The fourth-order valence-electron chi connectivity index (χ4n) is 2.47. The molecule has 0 bridgehead atoms. The zero-order valence-electron chi connectivity index (χ0n) is 11.1. The Balaban J connectivity index is 2.53. The highest BCUT2D eigenvalue weighted by Gasteiger charge is 2.16. The van der Waals surface area contributed by atoms with E-state index in [2.05, 4.69) is 0 Å². The maximum absolute atomic E-state index is 11.3. The SMILES string of the molecule is COCc1c2ccc(=O)oc2cc2oc(C)c(C)c12. The number of hydrogen-bond acceptors (Lipinski definition) is 4. The predicted molar refractivity (Wildman–Crippen MR) is 72.4 cm³/mol. The largest absolute Gasteiger partial charge is 0.461 e. The van der Waals surface area contributed by atoms with Crippen molar-refractivity contribution in [2.45, 2.75) is 20.5 Å². The second-order valence-electron chi connectivity index (χ2n) is 4.61. The molecule has 0 atom stereocenters. The smallest absolute Gasteiger partial charge is 0.336 e. The second-order valence-corrected chi connectivity index (χ2v) is 4.61. The van der Waals surface area contributed by atoms with Gasteiger partial charge in [0.1, 0.15) is 16.9 Å². The molecule has 0 saturated heterocycles. The van der Waals surface area contributed by atoms with E-state index in [1.807, 2.05) is 13.8 Å². The van der Waals surface area contributed by atoms with Crippen LogP contribution in [0.15, 0.2) is 31.8 Å². The molecule has 2 heterocycles. The molecule has 2 aromatic heterocycles. The number of methoxy groups -OCH3 is 1. The highest BCUT2D eigenvalue weighted by Crippen LogP contribution is 2.33. The van der Waals surface area contributed by atoms with Crippen LogP contribution in [0.4, 0.5) is 0 Å². The molecule has 0 aliphatic rings. The van der Waals surface area contributed by atoms with Crippen molar-refractivity contribution in [2.24, 2.45) is 0 Å². The van der Waals surface area contributed by atoms with E-state index >= 15 is 0 Å². The second kappa shape index (κ2) is 4.24. The number of rotatable bonds is 2. The van der Waals surface area contributed by atoms with Crippen LogP contribution in [-0.4, -0.2) is 7.11 Å². The molecule has 0 aliphatic carbocycles. The van der Waals surface area contributed by atoms with Crippen molar-refractivity contribution in [2.75, 3.05) is 7.11 Å². The van der Waals surface area contributed by atoms with E-state index in [1.54, 1.807) is 19.2 Å². The first-order chi connectivity index (χ1) is 9.11. The zero-order valence-corrected chi connectivity index (χ0v) is 11.1. The van der Waals surface area contributed by atoms with Crippen LogP contribution >= 0.6 is 0 Å². The minimum Gasteiger partial charge on any atom is -0.461 e. The Kier molecular flexibility index (Phi) is 2.68. The highest BCUT2D eigenvalue weighted by atomic mass is 16.5. The minimum absolute atomic E-state index is 0.366. The van der Waals surface area contributed by atoms with E-state index in [0.29, 0.717) is 12.2 Å². The van der Waals surface area contributed by atoms with Crippen molar-refractivity contribution < 1.29 is 13.6 Å². The average Bonchev–Trinajstić information content (AvgIpc) is 2.64. The van der Waals surface area contributed by atoms with E-state index < -0.39 is 0 Å². The fraction of sp³-hybridized carbons (Fsp3) is 0.267. The molecule has 0 N–H and O–H groups in total. The summed E-state index contributed by atoms with van der Waals surface area (Å²) in [5.41, 5.74) is 2.98. The van der Waals surface area contributed by atoms with Crippen molar-refractivity contribution in [1.29, 1.82) is 0 Å². The number of ether oxygens (including phenoxy) is 1. The van der Waals surface area contributed by atoms with Gasteiger partial charge in [0.15, 0.2) is 0 Å². The number of hydrogen-bond donors (Lipinski definition) is 0. The third-order valence-corrected chi connectivity index (χ3v) is 3.45. The summed E-state index contributed by atoms with van der Waals surface area (Å²) in [6.07, 6.45) is 0. The van der Waals surface area contributed by atoms with Crippen molar-refractivity contribution in [3.05, 3.63) is 45.5 Å². The van der Waals surface area contributed by atoms with Gasteiger partial charge in [0.05, 0.1) is 6.61 Å². The third-order valence-electron chi connectivity index (χ3n) is 3.45. The van der Waals surface area contributed by atoms with E-state index in [4.69, 9.17) is 13.6 Å². The van der Waals surface area contributed by atoms with E-state index in [9.17, 15) is 4.79 Å². The monoisotopic (exact) mass is 258 g/mol. The lowest BCUT2D eigenvalue weighted by atomic mass is 10.0. The zero-order chi connectivity index (χ0) is 13.6. The summed E-state index contributed by atoms with van der Waals surface area (Å²) in [6, 6.07) is 4.97. The standard InChI is InChI=1S/C15H14O4/c1-8-9(2)18-13-6-12-10(4-5-14(16)19-12)11(7-17-3)15(8)13/h4-6H,7H2,1-3H3. The first kappa shape index (κ1) is 12.0. The van der Waals surface area contributed by atoms with Crippen molar-refractivity contribution in [1.82, 2.24) is 0 Å². The van der Waals surface area contributed by atoms with Gasteiger partial charge in [-0.2, -0.15) is 0 Å². The van der Waals surface area contributed by atoms with Crippen molar-refractivity contribution >= 4 is 21.9 Å². The Hall–Kier alpha value is -2.07. The molecular formula is C15H14O4. The molecule has 0 aliphatic heterocycles. The van der Waals surface area contributed by atoms with Gasteiger partial charge in [0.2, 0.25) is 0 Å². The molecule has 98 valence electrons. The van der Waals surface area contributed by atoms with Crippen molar-refractivity contribution in [3.8, 4) is 0 Å². The molecule has 0 unspecified atom stereocenters. The van der Waals surface area contributed by atoms with Gasteiger partial charge in [-0.25, -0.2) is 4.79 Å². The first-order valence-corrected chi connectivity index (χ1v) is 6.06. The summed E-state index contributed by atoms with van der Waals surface area (Å²) < 4.78 is 16.2. The predicted octanol–water partition coefficient (Wildman–Crippen LogP) is 3.30. The Morgan fingerprint density at radius 2 is 1.95 bits per heavy atom. The van der Waals surface area contributed by atoms with E-state index in [1.165, 1.54) is 6.07 Å². The lowest BCUT2D eigenvalue weighted by molar-refractivity contribution is 0.187. The number of aryl methyl sites for hydroxylation is 2. The van der Waals surface area contributed by atoms with Crippen LogP contribution in [0.1, 0.15) is 16.9 Å². The molecule has 0 amide bonds. The molecule has 19 heavy (non-hydrogen) atoms. The topological polar surface area (TPSA) is 52.6 Å². The maximum atomic E-state index is 11.3. The Labute approximate surface area is 109 Å². The van der Waals surface area contributed by atoms with Crippen LogP contribution in [-0.2, 0) is 11.3 Å². The van der Waals surface area contributed by atoms with Gasteiger partial charge in [-0.3, -0.25) is 0 Å². The van der Waals surface area contributed by atoms with Crippen LogP contribution in [0.3, 0.4) is 0 Å². The molecule has 0 radical (unpaired) electrons. The van der Waals surface area contributed by atoms with Crippen LogP contribution < -0.4 is 5.63 Å². The lowest BCUT2D eigenvalue weighted by Crippen LogP contribution is -1.98. The first-order valence-electron chi connectivity index (χ1n) is 6.06. The fourth-order valence-corrected chi connectivity index (χ4v) is 2.47. The van der Waals surface area contributed by atoms with Crippen LogP contribution in [0.5, 0.6) is 0 Å². The lowest BCUT2D eigenvalue weighted by Gasteiger charge is -2.07. The minimum atomic E-state index is -0.366. The molecule has 0 spiro atoms. The summed E-state index contributed by atoms with van der Waals surface area (Å²) in [6.45, 7) is 4.39. The van der Waals surface area contributed by atoms with E-state index in [-0.39, 0.29) is 5.63 Å². The van der Waals surface area contributed by atoms with E-state index in [0.717, 1.165) is 33.2 Å². The third kappa shape index (κ3) is 1.76. The molecule has 4 nitrogen and oxygen atoms in total. The molecule has 4 heteroatoms.